The predicted molar refractivity (Wildman–Crippen MR) is 142 cm³/mol. The van der Waals surface area contributed by atoms with E-state index in [9.17, 15) is 18.0 Å². The van der Waals surface area contributed by atoms with Crippen LogP contribution in [-0.2, 0) is 26.2 Å². The van der Waals surface area contributed by atoms with E-state index in [2.05, 4.69) is 5.32 Å². The molecule has 1 N–H and O–H groups in total. The molecule has 0 saturated heterocycles. The molecule has 0 radical (unpaired) electrons. The zero-order chi connectivity index (χ0) is 26.3. The van der Waals surface area contributed by atoms with Gasteiger partial charge in [0.1, 0.15) is 12.6 Å². The van der Waals surface area contributed by atoms with Gasteiger partial charge in [-0.05, 0) is 57.0 Å². The molecule has 36 heavy (non-hydrogen) atoms. The number of benzene rings is 3. The van der Waals surface area contributed by atoms with Gasteiger partial charge in [0.25, 0.3) is 10.0 Å². The third-order valence-electron chi connectivity index (χ3n) is 5.79. The van der Waals surface area contributed by atoms with E-state index in [0.717, 1.165) is 9.87 Å². The van der Waals surface area contributed by atoms with Crippen LogP contribution in [0.4, 0.5) is 5.69 Å². The van der Waals surface area contributed by atoms with Gasteiger partial charge in [-0.25, -0.2) is 8.42 Å². The number of nitrogens with one attached hydrogen (secondary N) is 1. The highest BCUT2D eigenvalue weighted by molar-refractivity contribution is 7.92. The first-order chi connectivity index (χ1) is 17.1. The fourth-order valence-electron chi connectivity index (χ4n) is 3.84. The van der Waals surface area contributed by atoms with Crippen LogP contribution >= 0.6 is 0 Å². The van der Waals surface area contributed by atoms with Crippen molar-refractivity contribution in [3.05, 3.63) is 96.1 Å². The molecule has 3 aromatic carbocycles. The van der Waals surface area contributed by atoms with Crippen molar-refractivity contribution < 1.29 is 18.0 Å². The van der Waals surface area contributed by atoms with Crippen molar-refractivity contribution in [2.24, 2.45) is 0 Å². The molecular formula is C28H33N3O4S. The summed E-state index contributed by atoms with van der Waals surface area (Å²) in [4.78, 5) is 28.2. The minimum atomic E-state index is -4.06. The van der Waals surface area contributed by atoms with Gasteiger partial charge in [0, 0.05) is 12.6 Å². The first-order valence-corrected chi connectivity index (χ1v) is 13.3. The van der Waals surface area contributed by atoms with Gasteiger partial charge in [0.05, 0.1) is 10.6 Å². The Labute approximate surface area is 213 Å². The second kappa shape index (κ2) is 11.9. The van der Waals surface area contributed by atoms with Crippen molar-refractivity contribution in [3.8, 4) is 0 Å². The molecule has 2 amide bonds. The zero-order valence-corrected chi connectivity index (χ0v) is 21.9. The van der Waals surface area contributed by atoms with E-state index in [4.69, 9.17) is 0 Å². The second-order valence-electron chi connectivity index (χ2n) is 8.96. The normalized spacial score (nSPS) is 12.1. The number of carbonyl (C=O) groups is 2. The molecule has 0 aliphatic carbocycles. The fourth-order valence-corrected chi connectivity index (χ4v) is 5.34. The number of anilines is 1. The summed E-state index contributed by atoms with van der Waals surface area (Å²) in [5.41, 5.74) is 1.96. The molecule has 3 aromatic rings. The SMILES string of the molecule is Cc1ccccc1N(CC(=O)N(Cc1ccccc1)[C@@H](C)C(=O)NC(C)C)S(=O)(=O)c1ccccc1. The van der Waals surface area contributed by atoms with E-state index in [-0.39, 0.29) is 23.4 Å². The summed E-state index contributed by atoms with van der Waals surface area (Å²) >= 11 is 0. The quantitative estimate of drug-likeness (QED) is 0.447. The van der Waals surface area contributed by atoms with E-state index < -0.39 is 28.5 Å². The lowest BCUT2D eigenvalue weighted by molar-refractivity contribution is -0.139. The van der Waals surface area contributed by atoms with Gasteiger partial charge in [-0.1, -0.05) is 66.7 Å². The zero-order valence-electron chi connectivity index (χ0n) is 21.1. The number of nitrogens with zero attached hydrogens (tertiary/aromatic N) is 2. The van der Waals surface area contributed by atoms with Crippen LogP contribution in [0, 0.1) is 6.92 Å². The Bertz CT molecular complexity index is 1280. The maximum absolute atomic E-state index is 13.8. The Balaban J connectivity index is 2.02. The van der Waals surface area contributed by atoms with E-state index in [0.29, 0.717) is 11.3 Å². The highest BCUT2D eigenvalue weighted by Crippen LogP contribution is 2.27. The molecule has 0 fully saturated rings. The van der Waals surface area contributed by atoms with Gasteiger partial charge in [-0.15, -0.1) is 0 Å². The van der Waals surface area contributed by atoms with E-state index >= 15 is 0 Å². The molecule has 0 heterocycles. The molecule has 0 unspecified atom stereocenters. The average Bonchev–Trinajstić information content (AvgIpc) is 2.86. The predicted octanol–water partition coefficient (Wildman–Crippen LogP) is 4.13. The van der Waals surface area contributed by atoms with E-state index in [1.54, 1.807) is 50.2 Å². The molecule has 0 aromatic heterocycles. The van der Waals surface area contributed by atoms with Crippen LogP contribution in [-0.4, -0.2) is 43.8 Å². The van der Waals surface area contributed by atoms with Gasteiger partial charge in [0.15, 0.2) is 0 Å². The van der Waals surface area contributed by atoms with Crippen LogP contribution in [0.2, 0.25) is 0 Å². The molecule has 0 saturated carbocycles. The number of para-hydroxylation sites is 1. The summed E-state index contributed by atoms with van der Waals surface area (Å²) in [5.74, 6) is -0.782. The van der Waals surface area contributed by atoms with Crippen LogP contribution in [0.25, 0.3) is 0 Å². The Morgan fingerprint density at radius 1 is 0.833 bits per heavy atom. The van der Waals surface area contributed by atoms with E-state index in [1.165, 1.54) is 17.0 Å². The number of carbonyl (C=O) groups excluding carboxylic acids is 2. The topological polar surface area (TPSA) is 86.8 Å². The molecule has 3 rings (SSSR count). The number of aryl methyl sites for hydroxylation is 1. The Morgan fingerprint density at radius 2 is 1.39 bits per heavy atom. The smallest absolute Gasteiger partial charge is 0.264 e. The van der Waals surface area contributed by atoms with Gasteiger partial charge in [0.2, 0.25) is 11.8 Å². The largest absolute Gasteiger partial charge is 0.352 e. The fraction of sp³-hybridized carbons (Fsp3) is 0.286. The summed E-state index contributed by atoms with van der Waals surface area (Å²) in [6, 6.07) is 23.5. The highest BCUT2D eigenvalue weighted by atomic mass is 32.2. The van der Waals surface area contributed by atoms with Crippen LogP contribution in [0.1, 0.15) is 31.9 Å². The first kappa shape index (κ1) is 26.9. The third-order valence-corrected chi connectivity index (χ3v) is 7.56. The van der Waals surface area contributed by atoms with Crippen LogP contribution in [0.15, 0.2) is 89.8 Å². The molecule has 190 valence electrons. The summed E-state index contributed by atoms with van der Waals surface area (Å²) in [5, 5.41) is 2.85. The van der Waals surface area contributed by atoms with Crippen molar-refractivity contribution in [3.63, 3.8) is 0 Å². The maximum atomic E-state index is 13.8. The number of amides is 2. The molecule has 8 heteroatoms. The number of rotatable bonds is 10. The van der Waals surface area contributed by atoms with E-state index in [1.807, 2.05) is 50.2 Å². The van der Waals surface area contributed by atoms with Gasteiger partial charge in [-0.3, -0.25) is 13.9 Å². The molecule has 7 nitrogen and oxygen atoms in total. The number of hydrogen-bond acceptors (Lipinski definition) is 4. The van der Waals surface area contributed by atoms with Crippen LogP contribution in [0.3, 0.4) is 0 Å². The molecule has 0 aliphatic heterocycles. The Kier molecular flexibility index (Phi) is 8.88. The lowest BCUT2D eigenvalue weighted by Crippen LogP contribution is -2.52. The third kappa shape index (κ3) is 6.51. The highest BCUT2D eigenvalue weighted by Gasteiger charge is 2.33. The molecule has 1 atom stereocenters. The van der Waals surface area contributed by atoms with Gasteiger partial charge < -0.3 is 10.2 Å². The minimum absolute atomic E-state index is 0.0845. The molecule has 0 aliphatic rings. The van der Waals surface area contributed by atoms with Gasteiger partial charge in [-0.2, -0.15) is 0 Å². The first-order valence-electron chi connectivity index (χ1n) is 11.9. The average molecular weight is 508 g/mol. The summed E-state index contributed by atoms with van der Waals surface area (Å²) < 4.78 is 28.6. The second-order valence-corrected chi connectivity index (χ2v) is 10.8. The van der Waals surface area contributed by atoms with Crippen molar-refractivity contribution >= 4 is 27.5 Å². The van der Waals surface area contributed by atoms with Crippen molar-refractivity contribution in [2.45, 2.75) is 51.2 Å². The lowest BCUT2D eigenvalue weighted by Gasteiger charge is -2.32. The maximum Gasteiger partial charge on any atom is 0.264 e. The number of sulfonamides is 1. The monoisotopic (exact) mass is 507 g/mol. The molecule has 0 spiro atoms. The summed E-state index contributed by atoms with van der Waals surface area (Å²) in [6.45, 7) is 6.87. The van der Waals surface area contributed by atoms with Crippen LogP contribution < -0.4 is 9.62 Å². The number of hydrogen-bond donors (Lipinski definition) is 1. The Morgan fingerprint density at radius 3 is 1.97 bits per heavy atom. The molecule has 0 bridgehead atoms. The van der Waals surface area contributed by atoms with Crippen molar-refractivity contribution in [1.29, 1.82) is 0 Å². The summed E-state index contributed by atoms with van der Waals surface area (Å²) in [7, 11) is -4.06. The Hall–Kier alpha value is -3.65. The van der Waals surface area contributed by atoms with Gasteiger partial charge >= 0.3 is 0 Å². The van der Waals surface area contributed by atoms with Crippen molar-refractivity contribution in [2.75, 3.05) is 10.8 Å². The minimum Gasteiger partial charge on any atom is -0.352 e. The molecular weight excluding hydrogens is 474 g/mol. The lowest BCUT2D eigenvalue weighted by atomic mass is 10.1. The standard InChI is InChI=1S/C28H33N3O4S/c1-21(2)29-28(33)23(4)30(19-24-14-7-5-8-15-24)27(32)20-31(26-18-12-11-13-22(26)3)36(34,35)25-16-9-6-10-17-25/h5-18,21,23H,19-20H2,1-4H3,(H,29,33)/t23-/m0/s1. The van der Waals surface area contributed by atoms with Crippen molar-refractivity contribution in [1.82, 2.24) is 10.2 Å². The van der Waals surface area contributed by atoms with Crippen LogP contribution in [0.5, 0.6) is 0 Å². The summed E-state index contributed by atoms with van der Waals surface area (Å²) in [6.07, 6.45) is 0.